The van der Waals surface area contributed by atoms with Crippen molar-refractivity contribution in [3.8, 4) is 17.1 Å². The van der Waals surface area contributed by atoms with Crippen molar-refractivity contribution in [2.75, 3.05) is 20.7 Å². The topological polar surface area (TPSA) is 115 Å². The maximum absolute atomic E-state index is 12.7. The number of aliphatic carboxylic acids is 1. The fourth-order valence-electron chi connectivity index (χ4n) is 5.45. The molecule has 1 saturated carbocycles. The van der Waals surface area contributed by atoms with Gasteiger partial charge in [-0.15, -0.1) is 22.7 Å². The van der Waals surface area contributed by atoms with E-state index in [1.165, 1.54) is 35.8 Å². The van der Waals surface area contributed by atoms with Gasteiger partial charge in [-0.3, -0.25) is 4.79 Å². The van der Waals surface area contributed by atoms with Crippen molar-refractivity contribution in [2.24, 2.45) is 0 Å². The van der Waals surface area contributed by atoms with E-state index in [1.54, 1.807) is 6.07 Å². The van der Waals surface area contributed by atoms with Crippen LogP contribution in [0.25, 0.3) is 11.4 Å². The van der Waals surface area contributed by atoms with E-state index in [-0.39, 0.29) is 6.10 Å². The highest BCUT2D eigenvalue weighted by atomic mass is 35.5. The second-order valence-electron chi connectivity index (χ2n) is 10.3. The van der Waals surface area contributed by atoms with Crippen LogP contribution >= 0.6 is 34.3 Å². The predicted molar refractivity (Wildman–Crippen MR) is 162 cm³/mol. The van der Waals surface area contributed by atoms with Crippen LogP contribution in [-0.4, -0.2) is 65.3 Å². The van der Waals surface area contributed by atoms with Gasteiger partial charge in [0.1, 0.15) is 5.75 Å². The summed E-state index contributed by atoms with van der Waals surface area (Å²) >= 11 is 9.17. The molecular weight excluding hydrogens is 598 g/mol. The number of halogens is 1. The van der Waals surface area contributed by atoms with E-state index in [4.69, 9.17) is 25.6 Å². The number of carbonyl (C=O) groups excluding carboxylic acids is 1. The Morgan fingerprint density at radius 1 is 1.19 bits per heavy atom. The Morgan fingerprint density at radius 2 is 1.88 bits per heavy atom. The first-order chi connectivity index (χ1) is 20.3. The van der Waals surface area contributed by atoms with Crippen LogP contribution in [0.5, 0.6) is 5.75 Å². The highest BCUT2D eigenvalue weighted by molar-refractivity contribution is 7.12. The molecule has 0 amide bonds. The number of aryl methyl sites for hydroxylation is 1. The second kappa shape index (κ2) is 13.5. The minimum Gasteiger partial charge on any atom is -0.496 e. The molecule has 9 nitrogen and oxygen atoms in total. The molecule has 3 heterocycles. The van der Waals surface area contributed by atoms with Gasteiger partial charge in [0.25, 0.3) is 0 Å². The molecule has 1 aromatic carbocycles. The van der Waals surface area contributed by atoms with Gasteiger partial charge in [0.05, 0.1) is 33.6 Å². The largest absolute Gasteiger partial charge is 0.496 e. The average molecular weight is 630 g/mol. The van der Waals surface area contributed by atoms with Gasteiger partial charge in [0.15, 0.2) is 6.29 Å². The maximum Gasteiger partial charge on any atom is 0.347 e. The van der Waals surface area contributed by atoms with Gasteiger partial charge in [0, 0.05) is 18.0 Å². The van der Waals surface area contributed by atoms with Gasteiger partial charge in [-0.05, 0) is 80.7 Å². The predicted octanol–water partition coefficient (Wildman–Crippen LogP) is 6.55. The molecule has 0 radical (unpaired) electrons. The summed E-state index contributed by atoms with van der Waals surface area (Å²) < 4.78 is 17.2. The van der Waals surface area contributed by atoms with Crippen LogP contribution < -0.4 is 4.74 Å². The zero-order chi connectivity index (χ0) is 29.7. The van der Waals surface area contributed by atoms with E-state index in [0.717, 1.165) is 38.6 Å². The Labute approximate surface area is 257 Å². The Bertz CT molecular complexity index is 1450. The van der Waals surface area contributed by atoms with Gasteiger partial charge in [-0.25, -0.2) is 4.79 Å². The summed E-state index contributed by atoms with van der Waals surface area (Å²) in [6.07, 6.45) is 5.42. The summed E-state index contributed by atoms with van der Waals surface area (Å²) in [5.74, 6) is 0.275. The van der Waals surface area contributed by atoms with Crippen molar-refractivity contribution < 1.29 is 28.7 Å². The van der Waals surface area contributed by atoms with E-state index in [9.17, 15) is 14.7 Å². The Hall–Kier alpha value is -3.09. The summed E-state index contributed by atoms with van der Waals surface area (Å²) in [6, 6.07) is 11.0. The highest BCUT2D eigenvalue weighted by Crippen LogP contribution is 2.42. The first kappa shape index (κ1) is 30.4. The molecule has 1 aliphatic carbocycles. The van der Waals surface area contributed by atoms with Crippen molar-refractivity contribution in [2.45, 2.75) is 56.3 Å². The van der Waals surface area contributed by atoms with Gasteiger partial charge in [-0.1, -0.05) is 28.9 Å². The third-order valence-corrected chi connectivity index (χ3v) is 9.96. The third-order valence-electron chi connectivity index (χ3n) is 7.70. The first-order valence-corrected chi connectivity index (χ1v) is 15.8. The average Bonchev–Trinajstić information content (AvgIpc) is 3.80. The molecule has 0 atom stereocenters. The summed E-state index contributed by atoms with van der Waals surface area (Å²) in [5.41, 5.74) is -0.583. The number of carboxylic acid groups (broad SMARTS) is 1. The number of thiophene rings is 2. The summed E-state index contributed by atoms with van der Waals surface area (Å²) in [5, 5.41) is 18.6. The van der Waals surface area contributed by atoms with E-state index in [0.29, 0.717) is 62.1 Å². The molecule has 0 aliphatic heterocycles. The number of aromatic nitrogens is 2. The molecule has 1 fully saturated rings. The zero-order valence-corrected chi connectivity index (χ0v) is 25.7. The van der Waals surface area contributed by atoms with Crippen molar-refractivity contribution in [1.29, 1.82) is 0 Å². The molecule has 0 spiro atoms. The number of benzene rings is 1. The number of hydrogen-bond donors (Lipinski definition) is 1. The quantitative estimate of drug-likeness (QED) is 0.164. The van der Waals surface area contributed by atoms with Gasteiger partial charge in [-0.2, -0.15) is 4.98 Å². The van der Waals surface area contributed by atoms with E-state index < -0.39 is 11.6 Å². The SMILES string of the molecule is COc1cc(-c2noc(CCCN(C)[C@H]3CC[C@H](OC(C(=O)O)(c4cccs4)c4cccs4)CC3)n2)c(Cl)cc1C=O. The van der Waals surface area contributed by atoms with Crippen LogP contribution in [0.2, 0.25) is 5.02 Å². The fourth-order valence-corrected chi connectivity index (χ4v) is 7.51. The lowest BCUT2D eigenvalue weighted by atomic mass is 9.90. The number of ether oxygens (including phenoxy) is 2. The second-order valence-corrected chi connectivity index (χ2v) is 12.6. The molecule has 0 saturated heterocycles. The lowest BCUT2D eigenvalue weighted by Crippen LogP contribution is -2.44. The molecular formula is C30H32ClN3O6S2. The molecule has 0 bridgehead atoms. The lowest BCUT2D eigenvalue weighted by Gasteiger charge is -2.38. The van der Waals surface area contributed by atoms with Crippen molar-refractivity contribution >= 4 is 46.5 Å². The number of carboxylic acids is 1. The molecule has 12 heteroatoms. The monoisotopic (exact) mass is 629 g/mol. The number of hydrogen-bond acceptors (Lipinski definition) is 10. The Kier molecular flexibility index (Phi) is 9.74. The molecule has 42 heavy (non-hydrogen) atoms. The van der Waals surface area contributed by atoms with Crippen LogP contribution in [0.1, 0.15) is 58.1 Å². The van der Waals surface area contributed by atoms with Crippen LogP contribution in [0.4, 0.5) is 0 Å². The third kappa shape index (κ3) is 6.30. The van der Waals surface area contributed by atoms with Crippen LogP contribution in [0, 0.1) is 0 Å². The molecule has 4 aromatic rings. The van der Waals surface area contributed by atoms with Crippen LogP contribution in [0.15, 0.2) is 51.7 Å². The Morgan fingerprint density at radius 3 is 2.45 bits per heavy atom. The van der Waals surface area contributed by atoms with Gasteiger partial charge in [0.2, 0.25) is 17.3 Å². The fraction of sp³-hybridized carbons (Fsp3) is 0.400. The summed E-state index contributed by atoms with van der Waals surface area (Å²) in [6.45, 7) is 0.847. The normalized spacial score (nSPS) is 17.4. The zero-order valence-electron chi connectivity index (χ0n) is 23.3. The van der Waals surface area contributed by atoms with Crippen molar-refractivity contribution in [3.05, 3.63) is 73.4 Å². The van der Waals surface area contributed by atoms with Crippen molar-refractivity contribution in [3.63, 3.8) is 0 Å². The van der Waals surface area contributed by atoms with E-state index in [1.807, 2.05) is 35.0 Å². The number of nitrogens with zero attached hydrogens (tertiary/aromatic N) is 3. The molecule has 3 aromatic heterocycles. The summed E-state index contributed by atoms with van der Waals surface area (Å²) in [7, 11) is 3.60. The Balaban J connectivity index is 1.14. The minimum atomic E-state index is -1.47. The van der Waals surface area contributed by atoms with E-state index in [2.05, 4.69) is 22.1 Å². The minimum absolute atomic E-state index is 0.141. The van der Waals surface area contributed by atoms with Crippen LogP contribution in [0.3, 0.4) is 0 Å². The van der Waals surface area contributed by atoms with Crippen molar-refractivity contribution in [1.82, 2.24) is 15.0 Å². The van der Waals surface area contributed by atoms with E-state index >= 15 is 0 Å². The smallest absolute Gasteiger partial charge is 0.347 e. The number of aldehydes is 1. The molecule has 5 rings (SSSR count). The number of methoxy groups -OCH3 is 1. The first-order valence-electron chi connectivity index (χ1n) is 13.7. The number of rotatable bonds is 13. The van der Waals surface area contributed by atoms with Gasteiger partial charge >= 0.3 is 5.97 Å². The highest BCUT2D eigenvalue weighted by Gasteiger charge is 2.48. The maximum atomic E-state index is 12.7. The molecule has 1 aliphatic rings. The molecule has 1 N–H and O–H groups in total. The van der Waals surface area contributed by atoms with Crippen LogP contribution in [-0.2, 0) is 21.6 Å². The molecule has 222 valence electrons. The standard InChI is InChI=1S/C30H32ClN3O6S2/c1-34(13-3-8-27-32-28(33-40-27)22-17-24(38-2)19(18-35)16-23(22)31)20-9-11-21(12-10-20)39-30(29(36)37,25-6-4-14-41-25)26-7-5-15-42-26/h4-7,14-18,20-21H,3,8-13H2,1-2H3,(H,36,37)/t20-,21-. The summed E-state index contributed by atoms with van der Waals surface area (Å²) in [4.78, 5) is 32.2. The number of carbonyl (C=O) groups is 2. The lowest BCUT2D eigenvalue weighted by molar-refractivity contribution is -0.170. The molecule has 0 unspecified atom stereocenters. The van der Waals surface area contributed by atoms with Gasteiger partial charge < -0.3 is 24.0 Å².